The van der Waals surface area contributed by atoms with Gasteiger partial charge in [0.2, 0.25) is 0 Å². The molecule has 78 valence electrons. The van der Waals surface area contributed by atoms with E-state index in [-0.39, 0.29) is 2.85 Å². The molecule has 0 aliphatic rings. The fourth-order valence-corrected chi connectivity index (χ4v) is 1.32. The molecular weight excluding hydrogens is 150 g/mol. The van der Waals surface area contributed by atoms with E-state index >= 15 is 0 Å². The maximum atomic E-state index is 3.21. The molecule has 0 aliphatic heterocycles. The van der Waals surface area contributed by atoms with Crippen LogP contribution in [0.5, 0.6) is 0 Å². The van der Waals surface area contributed by atoms with Crippen molar-refractivity contribution < 1.29 is 2.85 Å². The normalized spacial score (nSPS) is 13.8. The van der Waals surface area contributed by atoms with E-state index in [1.807, 2.05) is 14.1 Å². The second-order valence-corrected chi connectivity index (χ2v) is 3.20. The number of hydrogen-bond acceptors (Lipinski definition) is 3. The van der Waals surface area contributed by atoms with Gasteiger partial charge in [-0.1, -0.05) is 6.92 Å². The largest absolute Gasteiger partial charge is 0.318 e. The van der Waals surface area contributed by atoms with Crippen molar-refractivity contribution in [3.63, 3.8) is 0 Å². The fraction of sp³-hybridized carbons (Fsp3) is 1.00. The van der Waals surface area contributed by atoms with E-state index < -0.39 is 0 Å². The summed E-state index contributed by atoms with van der Waals surface area (Å²) in [6, 6.07) is 0.670. The van der Waals surface area contributed by atoms with Crippen LogP contribution in [0.3, 0.4) is 0 Å². The number of likely N-dealkylation sites (N-methyl/N-ethyl adjacent to an activating group) is 3. The van der Waals surface area contributed by atoms with Crippen molar-refractivity contribution in [2.24, 2.45) is 0 Å². The van der Waals surface area contributed by atoms with Gasteiger partial charge in [-0.05, 0) is 27.6 Å². The first-order valence-electron chi connectivity index (χ1n) is 4.75. The Kier molecular flexibility index (Phi) is 7.45. The van der Waals surface area contributed by atoms with Crippen molar-refractivity contribution in [3.8, 4) is 0 Å². The molecule has 0 aliphatic carbocycles. The van der Waals surface area contributed by atoms with Gasteiger partial charge in [0.05, 0.1) is 0 Å². The summed E-state index contributed by atoms with van der Waals surface area (Å²) in [7, 11) is 6.18. The molecule has 0 spiro atoms. The topological polar surface area (TPSA) is 27.3 Å². The van der Waals surface area contributed by atoms with Crippen molar-refractivity contribution in [1.29, 1.82) is 0 Å². The highest BCUT2D eigenvalue weighted by Crippen LogP contribution is 1.98. The van der Waals surface area contributed by atoms with Crippen molar-refractivity contribution >= 4 is 0 Å². The zero-order valence-electron chi connectivity index (χ0n) is 8.85. The van der Waals surface area contributed by atoms with E-state index in [0.717, 1.165) is 19.6 Å². The highest BCUT2D eigenvalue weighted by atomic mass is 15.2. The monoisotopic (exact) mass is 177 g/mol. The van der Waals surface area contributed by atoms with E-state index in [4.69, 9.17) is 0 Å². The van der Waals surface area contributed by atoms with Crippen LogP contribution < -0.4 is 10.6 Å². The third-order valence-corrected chi connectivity index (χ3v) is 2.25. The molecule has 1 unspecified atom stereocenters. The van der Waals surface area contributed by atoms with Gasteiger partial charge in [0.25, 0.3) is 0 Å². The lowest BCUT2D eigenvalue weighted by molar-refractivity contribution is 0.234. The average molecular weight is 177 g/mol. The van der Waals surface area contributed by atoms with Gasteiger partial charge in [-0.3, -0.25) is 0 Å². The van der Waals surface area contributed by atoms with Crippen molar-refractivity contribution in [2.45, 2.75) is 19.4 Å². The van der Waals surface area contributed by atoms with Gasteiger partial charge in [-0.15, -0.1) is 0 Å². The summed E-state index contributed by atoms with van der Waals surface area (Å²) in [5.74, 6) is 0. The van der Waals surface area contributed by atoms with E-state index in [1.165, 1.54) is 6.42 Å². The Hall–Kier alpha value is -0.120. The van der Waals surface area contributed by atoms with Crippen LogP contribution in [-0.4, -0.2) is 51.7 Å². The van der Waals surface area contributed by atoms with Gasteiger partial charge < -0.3 is 15.5 Å². The Morgan fingerprint density at radius 3 is 2.42 bits per heavy atom. The molecule has 0 amide bonds. The van der Waals surface area contributed by atoms with Gasteiger partial charge in [0, 0.05) is 28.5 Å². The molecule has 0 radical (unpaired) electrons. The first kappa shape index (κ1) is 11.9. The van der Waals surface area contributed by atoms with Crippen LogP contribution in [0, 0.1) is 0 Å². The molecule has 3 nitrogen and oxygen atoms in total. The predicted molar refractivity (Wildman–Crippen MR) is 58.8 cm³/mol. The molecule has 0 bridgehead atoms. The maximum Gasteiger partial charge on any atom is 0.0215 e. The Morgan fingerprint density at radius 2 is 2.00 bits per heavy atom. The summed E-state index contributed by atoms with van der Waals surface area (Å²) in [5, 5.41) is 6.37. The second-order valence-electron chi connectivity index (χ2n) is 3.20. The third kappa shape index (κ3) is 4.70. The molecule has 3 heteroatoms. The summed E-state index contributed by atoms with van der Waals surface area (Å²) in [6.07, 6.45) is 1.21. The Labute approximate surface area is 79.5 Å². The first-order valence-corrected chi connectivity index (χ1v) is 4.75. The number of rotatable bonds is 7. The minimum atomic E-state index is 0. The highest BCUT2D eigenvalue weighted by Gasteiger charge is 2.09. The molecule has 12 heavy (non-hydrogen) atoms. The summed E-state index contributed by atoms with van der Waals surface area (Å²) in [6.45, 7) is 5.50. The maximum absolute atomic E-state index is 3.21. The zero-order valence-corrected chi connectivity index (χ0v) is 8.85. The van der Waals surface area contributed by atoms with Crippen LogP contribution >= 0.6 is 0 Å². The molecule has 0 aromatic carbocycles. The second kappa shape index (κ2) is 7.53. The van der Waals surface area contributed by atoms with Crippen LogP contribution in [0.15, 0.2) is 0 Å². The van der Waals surface area contributed by atoms with Crippen molar-refractivity contribution in [2.75, 3.05) is 40.8 Å². The standard InChI is InChI=1S/C9H23N3.2H2/c1-5-9(8-11-3)12(4)7-6-10-2;;/h9-11H,5-8H2,1-4H3;2*1H. The van der Waals surface area contributed by atoms with Gasteiger partial charge in [0.1, 0.15) is 0 Å². The summed E-state index contributed by atoms with van der Waals surface area (Å²) in [5.41, 5.74) is 0. The summed E-state index contributed by atoms with van der Waals surface area (Å²) >= 11 is 0. The van der Waals surface area contributed by atoms with Crippen LogP contribution in [0.25, 0.3) is 0 Å². The minimum absolute atomic E-state index is 0. The van der Waals surface area contributed by atoms with Gasteiger partial charge in [-0.2, -0.15) is 0 Å². The van der Waals surface area contributed by atoms with Crippen LogP contribution in [0.2, 0.25) is 0 Å². The fourth-order valence-electron chi connectivity index (χ4n) is 1.32. The lowest BCUT2D eigenvalue weighted by Gasteiger charge is -2.26. The van der Waals surface area contributed by atoms with E-state index in [0.29, 0.717) is 6.04 Å². The molecule has 0 heterocycles. The number of nitrogens with one attached hydrogen (secondary N) is 2. The molecule has 0 saturated heterocycles. The average Bonchev–Trinajstić information content (AvgIpc) is 2.10. The van der Waals surface area contributed by atoms with Crippen molar-refractivity contribution in [3.05, 3.63) is 0 Å². The van der Waals surface area contributed by atoms with Gasteiger partial charge in [-0.25, -0.2) is 0 Å². The Balaban J connectivity index is -0.000000605. The molecule has 0 aromatic heterocycles. The quantitative estimate of drug-likeness (QED) is 0.597. The van der Waals surface area contributed by atoms with Crippen LogP contribution in [-0.2, 0) is 0 Å². The molecule has 0 aromatic rings. The Morgan fingerprint density at radius 1 is 1.33 bits per heavy atom. The zero-order chi connectivity index (χ0) is 9.40. The van der Waals surface area contributed by atoms with E-state index in [9.17, 15) is 0 Å². The van der Waals surface area contributed by atoms with Gasteiger partial charge >= 0.3 is 0 Å². The van der Waals surface area contributed by atoms with E-state index in [1.54, 1.807) is 0 Å². The lowest BCUT2D eigenvalue weighted by Crippen LogP contribution is -2.41. The van der Waals surface area contributed by atoms with Gasteiger partial charge in [0.15, 0.2) is 0 Å². The third-order valence-electron chi connectivity index (χ3n) is 2.25. The number of hydrogen-bond donors (Lipinski definition) is 2. The summed E-state index contributed by atoms with van der Waals surface area (Å²) in [4.78, 5) is 2.40. The molecule has 2 N–H and O–H groups in total. The summed E-state index contributed by atoms with van der Waals surface area (Å²) < 4.78 is 0. The number of nitrogens with zero attached hydrogens (tertiary/aromatic N) is 1. The lowest BCUT2D eigenvalue weighted by atomic mass is 10.2. The van der Waals surface area contributed by atoms with Crippen molar-refractivity contribution in [1.82, 2.24) is 15.5 Å². The van der Waals surface area contributed by atoms with Crippen LogP contribution in [0.1, 0.15) is 16.2 Å². The minimum Gasteiger partial charge on any atom is -0.318 e. The smallest absolute Gasteiger partial charge is 0.0215 e. The van der Waals surface area contributed by atoms with Crippen LogP contribution in [0.4, 0.5) is 0 Å². The molecular formula is C9H27N3. The highest BCUT2D eigenvalue weighted by molar-refractivity contribution is 4.69. The first-order chi connectivity index (χ1) is 5.76. The predicted octanol–water partition coefficient (Wildman–Crippen LogP) is 0.628. The SMILES string of the molecule is CCC(CNC)N(C)CCNC.[HH].[HH]. The Bertz CT molecular complexity index is 104. The molecule has 1 atom stereocenters. The van der Waals surface area contributed by atoms with E-state index in [2.05, 4.69) is 29.5 Å². The molecule has 0 saturated carbocycles. The molecule has 0 rings (SSSR count). The molecule has 0 fully saturated rings.